The van der Waals surface area contributed by atoms with Gasteiger partial charge in [-0.25, -0.2) is 0 Å². The van der Waals surface area contributed by atoms with Crippen molar-refractivity contribution in [3.63, 3.8) is 0 Å². The molecule has 0 aromatic heterocycles. The van der Waals surface area contributed by atoms with Crippen LogP contribution in [-0.2, 0) is 4.79 Å². The van der Waals surface area contributed by atoms with E-state index in [1.165, 1.54) is 70.6 Å². The van der Waals surface area contributed by atoms with Gasteiger partial charge in [0, 0.05) is 6.04 Å². The molecule has 3 heteroatoms. The van der Waals surface area contributed by atoms with E-state index in [4.69, 9.17) is 10.8 Å². The monoisotopic (exact) mass is 285 g/mol. The Hall–Kier alpha value is -0.570. The topological polar surface area (TPSA) is 63.3 Å². The fraction of sp³-hybridized carbons (Fsp3) is 0.941. The smallest absolute Gasteiger partial charge is 0.304 e. The molecule has 0 unspecified atom stereocenters. The maximum absolute atomic E-state index is 10.4. The van der Waals surface area contributed by atoms with Crippen LogP contribution in [0.4, 0.5) is 0 Å². The number of carboxylic acids is 1. The fourth-order valence-electron chi connectivity index (χ4n) is 2.57. The maximum atomic E-state index is 10.4. The SMILES string of the molecule is CCCCCCCCCCCCCC[C@@H](N)CC(=O)O. The van der Waals surface area contributed by atoms with Crippen LogP contribution < -0.4 is 5.73 Å². The van der Waals surface area contributed by atoms with Crippen LogP contribution in [0.25, 0.3) is 0 Å². The van der Waals surface area contributed by atoms with Crippen molar-refractivity contribution in [1.29, 1.82) is 0 Å². The standard InChI is InChI=1S/C17H35NO2/c1-2-3-4-5-6-7-8-9-10-11-12-13-14-16(18)15-17(19)20/h16H,2-15,18H2,1H3,(H,19,20)/t16-/m1/s1. The van der Waals surface area contributed by atoms with Crippen molar-refractivity contribution in [1.82, 2.24) is 0 Å². The largest absolute Gasteiger partial charge is 0.481 e. The summed E-state index contributed by atoms with van der Waals surface area (Å²) in [6.07, 6.45) is 16.9. The van der Waals surface area contributed by atoms with Crippen LogP contribution in [0.2, 0.25) is 0 Å². The van der Waals surface area contributed by atoms with Gasteiger partial charge >= 0.3 is 5.97 Å². The van der Waals surface area contributed by atoms with Gasteiger partial charge in [0.15, 0.2) is 0 Å². The first-order valence-corrected chi connectivity index (χ1v) is 8.64. The molecule has 3 N–H and O–H groups in total. The van der Waals surface area contributed by atoms with Gasteiger partial charge in [-0.2, -0.15) is 0 Å². The number of carboxylic acid groups (broad SMARTS) is 1. The molecule has 120 valence electrons. The van der Waals surface area contributed by atoms with Crippen LogP contribution in [0, 0.1) is 0 Å². The predicted molar refractivity (Wildman–Crippen MR) is 85.9 cm³/mol. The Morgan fingerprint density at radius 2 is 1.25 bits per heavy atom. The van der Waals surface area contributed by atoms with Crippen molar-refractivity contribution >= 4 is 5.97 Å². The van der Waals surface area contributed by atoms with Gasteiger partial charge in [-0.3, -0.25) is 4.79 Å². The van der Waals surface area contributed by atoms with Crippen LogP contribution >= 0.6 is 0 Å². The molecule has 3 nitrogen and oxygen atoms in total. The molecule has 0 fully saturated rings. The van der Waals surface area contributed by atoms with E-state index in [2.05, 4.69) is 6.92 Å². The quantitative estimate of drug-likeness (QED) is 0.421. The Kier molecular flexibility index (Phi) is 14.4. The lowest BCUT2D eigenvalue weighted by molar-refractivity contribution is -0.137. The average Bonchev–Trinajstić information content (AvgIpc) is 2.39. The van der Waals surface area contributed by atoms with Crippen molar-refractivity contribution in [2.24, 2.45) is 5.73 Å². The van der Waals surface area contributed by atoms with Gasteiger partial charge in [0.25, 0.3) is 0 Å². The molecule has 0 radical (unpaired) electrons. The third-order valence-electron chi connectivity index (χ3n) is 3.87. The Morgan fingerprint density at radius 1 is 0.850 bits per heavy atom. The predicted octanol–water partition coefficient (Wildman–Crippen LogP) is 4.88. The summed E-state index contributed by atoms with van der Waals surface area (Å²) in [7, 11) is 0. The van der Waals surface area contributed by atoms with E-state index in [1.807, 2.05) is 0 Å². The first kappa shape index (κ1) is 19.4. The van der Waals surface area contributed by atoms with E-state index >= 15 is 0 Å². The minimum absolute atomic E-state index is 0.109. The van der Waals surface area contributed by atoms with E-state index in [1.54, 1.807) is 0 Å². The van der Waals surface area contributed by atoms with Crippen molar-refractivity contribution in [3.8, 4) is 0 Å². The molecule has 0 rings (SSSR count). The highest BCUT2D eigenvalue weighted by molar-refractivity contribution is 5.67. The van der Waals surface area contributed by atoms with Gasteiger partial charge < -0.3 is 10.8 Å². The molecule has 0 heterocycles. The molecule has 0 aromatic carbocycles. The lowest BCUT2D eigenvalue weighted by Crippen LogP contribution is -2.23. The second-order valence-corrected chi connectivity index (χ2v) is 6.04. The Bertz CT molecular complexity index is 219. The third kappa shape index (κ3) is 15.5. The number of nitrogens with two attached hydrogens (primary N) is 1. The zero-order valence-electron chi connectivity index (χ0n) is 13.4. The summed E-state index contributed by atoms with van der Waals surface area (Å²) < 4.78 is 0. The summed E-state index contributed by atoms with van der Waals surface area (Å²) in [5.74, 6) is -0.781. The Balaban J connectivity index is 3.08. The van der Waals surface area contributed by atoms with Gasteiger partial charge in [0.1, 0.15) is 0 Å². The molecule has 0 saturated carbocycles. The van der Waals surface area contributed by atoms with E-state index in [0.717, 1.165) is 12.8 Å². The summed E-state index contributed by atoms with van der Waals surface area (Å²) in [5.41, 5.74) is 5.72. The second-order valence-electron chi connectivity index (χ2n) is 6.04. The highest BCUT2D eigenvalue weighted by Gasteiger charge is 2.06. The van der Waals surface area contributed by atoms with Crippen molar-refractivity contribution in [3.05, 3.63) is 0 Å². The molecule has 0 saturated heterocycles. The molecule has 0 aromatic rings. The van der Waals surface area contributed by atoms with Gasteiger partial charge in [-0.15, -0.1) is 0 Å². The Morgan fingerprint density at radius 3 is 1.65 bits per heavy atom. The van der Waals surface area contributed by atoms with Crippen LogP contribution in [0.3, 0.4) is 0 Å². The minimum atomic E-state index is -0.781. The molecule has 0 spiro atoms. The number of hydrogen-bond donors (Lipinski definition) is 2. The molecule has 1 atom stereocenters. The Labute approximate surface area is 125 Å². The summed E-state index contributed by atoms with van der Waals surface area (Å²) in [6, 6.07) is -0.157. The lowest BCUT2D eigenvalue weighted by atomic mass is 10.0. The van der Waals surface area contributed by atoms with Crippen molar-refractivity contribution in [2.45, 2.75) is 103 Å². The van der Waals surface area contributed by atoms with Crippen LogP contribution in [0.1, 0.15) is 96.8 Å². The number of unbranched alkanes of at least 4 members (excludes halogenated alkanes) is 11. The normalized spacial score (nSPS) is 12.5. The van der Waals surface area contributed by atoms with E-state index in [0.29, 0.717) is 0 Å². The average molecular weight is 285 g/mol. The molecule has 0 amide bonds. The van der Waals surface area contributed by atoms with Crippen LogP contribution in [-0.4, -0.2) is 17.1 Å². The summed E-state index contributed by atoms with van der Waals surface area (Å²) in [6.45, 7) is 2.26. The number of hydrogen-bond acceptors (Lipinski definition) is 2. The zero-order chi connectivity index (χ0) is 15.1. The zero-order valence-corrected chi connectivity index (χ0v) is 13.4. The summed E-state index contributed by atoms with van der Waals surface area (Å²) >= 11 is 0. The molecule has 20 heavy (non-hydrogen) atoms. The first-order valence-electron chi connectivity index (χ1n) is 8.64. The maximum Gasteiger partial charge on any atom is 0.304 e. The van der Waals surface area contributed by atoms with Gasteiger partial charge in [-0.1, -0.05) is 84.0 Å². The summed E-state index contributed by atoms with van der Waals surface area (Å²) in [5, 5.41) is 8.60. The molecular formula is C17H35NO2. The highest BCUT2D eigenvalue weighted by atomic mass is 16.4. The molecular weight excluding hydrogens is 250 g/mol. The van der Waals surface area contributed by atoms with E-state index in [-0.39, 0.29) is 12.5 Å². The van der Waals surface area contributed by atoms with Crippen molar-refractivity contribution in [2.75, 3.05) is 0 Å². The lowest BCUT2D eigenvalue weighted by Gasteiger charge is -2.08. The summed E-state index contributed by atoms with van der Waals surface area (Å²) in [4.78, 5) is 10.4. The van der Waals surface area contributed by atoms with Crippen LogP contribution in [0.5, 0.6) is 0 Å². The van der Waals surface area contributed by atoms with Gasteiger partial charge in [0.05, 0.1) is 6.42 Å². The second kappa shape index (κ2) is 14.8. The number of rotatable bonds is 15. The molecule has 0 aliphatic heterocycles. The number of carbonyl (C=O) groups is 1. The highest BCUT2D eigenvalue weighted by Crippen LogP contribution is 2.13. The van der Waals surface area contributed by atoms with Crippen LogP contribution in [0.15, 0.2) is 0 Å². The molecule has 0 aliphatic carbocycles. The molecule has 0 aliphatic rings. The minimum Gasteiger partial charge on any atom is -0.481 e. The third-order valence-corrected chi connectivity index (χ3v) is 3.87. The van der Waals surface area contributed by atoms with Crippen molar-refractivity contribution < 1.29 is 9.90 Å². The number of aliphatic carboxylic acids is 1. The fourth-order valence-corrected chi connectivity index (χ4v) is 2.57. The first-order chi connectivity index (χ1) is 9.66. The molecule has 0 bridgehead atoms. The van der Waals surface area contributed by atoms with E-state index in [9.17, 15) is 4.79 Å². The van der Waals surface area contributed by atoms with Gasteiger partial charge in [0.2, 0.25) is 0 Å². The van der Waals surface area contributed by atoms with Gasteiger partial charge in [-0.05, 0) is 6.42 Å². The van der Waals surface area contributed by atoms with E-state index < -0.39 is 5.97 Å².